The van der Waals surface area contributed by atoms with Gasteiger partial charge in [0, 0.05) is 6.42 Å². The number of amides is 1. The molecular weight excluding hydrogens is 326 g/mol. The molecule has 1 amide bonds. The van der Waals surface area contributed by atoms with Gasteiger partial charge in [-0.2, -0.15) is 0 Å². The Kier molecular flexibility index (Phi) is 5.23. The number of benzene rings is 3. The van der Waals surface area contributed by atoms with E-state index in [4.69, 9.17) is 10.5 Å². The van der Waals surface area contributed by atoms with Crippen LogP contribution in [-0.4, -0.2) is 18.1 Å². The summed E-state index contributed by atoms with van der Waals surface area (Å²) in [6, 6.07) is 21.0. The quantitative estimate of drug-likeness (QED) is 0.703. The first-order valence-corrected chi connectivity index (χ1v) is 8.42. The molecule has 0 aliphatic rings. The largest absolute Gasteiger partial charge is 0.508 e. The number of carbonyl (C=O) groups excluding carboxylic acids is 1. The summed E-state index contributed by atoms with van der Waals surface area (Å²) in [6.07, 6.45) is 0.811. The van der Waals surface area contributed by atoms with E-state index in [0.717, 1.165) is 33.6 Å². The summed E-state index contributed by atoms with van der Waals surface area (Å²) in [7, 11) is 1.64. The minimum Gasteiger partial charge on any atom is -0.508 e. The van der Waals surface area contributed by atoms with E-state index in [2.05, 4.69) is 6.07 Å². The molecule has 0 bridgehead atoms. The first kappa shape index (κ1) is 17.5. The summed E-state index contributed by atoms with van der Waals surface area (Å²) in [5.74, 6) is 0.664. The zero-order valence-electron chi connectivity index (χ0n) is 14.6. The molecule has 0 heterocycles. The molecule has 4 nitrogen and oxygen atoms in total. The van der Waals surface area contributed by atoms with Crippen LogP contribution in [0.15, 0.2) is 66.7 Å². The molecule has 0 unspecified atom stereocenters. The average molecular weight is 347 g/mol. The zero-order chi connectivity index (χ0) is 18.5. The van der Waals surface area contributed by atoms with Crippen molar-refractivity contribution >= 4 is 5.91 Å². The Morgan fingerprint density at radius 2 is 1.69 bits per heavy atom. The SMILES string of the molecule is COc1cccc(-c2ccc(-c3cccc(O)c3)c(CCC(N)=O)c2)c1. The fraction of sp³-hybridized carbons (Fsp3) is 0.136. The molecule has 132 valence electrons. The molecule has 0 atom stereocenters. The molecule has 0 aliphatic carbocycles. The highest BCUT2D eigenvalue weighted by Gasteiger charge is 2.10. The van der Waals surface area contributed by atoms with Gasteiger partial charge in [-0.15, -0.1) is 0 Å². The molecule has 0 spiro atoms. The van der Waals surface area contributed by atoms with Crippen LogP contribution in [0.5, 0.6) is 11.5 Å². The van der Waals surface area contributed by atoms with Gasteiger partial charge in [0.05, 0.1) is 7.11 Å². The van der Waals surface area contributed by atoms with E-state index in [1.807, 2.05) is 42.5 Å². The number of methoxy groups -OCH3 is 1. The van der Waals surface area contributed by atoms with Crippen LogP contribution in [0.1, 0.15) is 12.0 Å². The molecular formula is C22H21NO3. The third kappa shape index (κ3) is 4.03. The maximum Gasteiger partial charge on any atom is 0.217 e. The molecule has 0 fully saturated rings. The highest BCUT2D eigenvalue weighted by Crippen LogP contribution is 2.32. The monoisotopic (exact) mass is 347 g/mol. The third-order valence-corrected chi connectivity index (χ3v) is 4.31. The molecule has 3 rings (SSSR count). The van der Waals surface area contributed by atoms with Crippen molar-refractivity contribution < 1.29 is 14.6 Å². The Morgan fingerprint density at radius 3 is 2.42 bits per heavy atom. The van der Waals surface area contributed by atoms with Crippen LogP contribution >= 0.6 is 0 Å². The van der Waals surface area contributed by atoms with E-state index in [1.165, 1.54) is 0 Å². The summed E-state index contributed by atoms with van der Waals surface area (Å²) in [6.45, 7) is 0. The predicted octanol–water partition coefficient (Wildman–Crippen LogP) is 4.15. The first-order valence-electron chi connectivity index (χ1n) is 8.42. The van der Waals surface area contributed by atoms with Gasteiger partial charge in [-0.3, -0.25) is 4.79 Å². The van der Waals surface area contributed by atoms with Gasteiger partial charge >= 0.3 is 0 Å². The van der Waals surface area contributed by atoms with E-state index < -0.39 is 0 Å². The number of ether oxygens (including phenoxy) is 1. The zero-order valence-corrected chi connectivity index (χ0v) is 14.6. The number of aryl methyl sites for hydroxylation is 1. The number of phenolic OH excluding ortho intramolecular Hbond substituents is 1. The minimum absolute atomic E-state index is 0.209. The Balaban J connectivity index is 2.06. The molecule has 3 aromatic rings. The number of hydrogen-bond acceptors (Lipinski definition) is 3. The molecule has 0 radical (unpaired) electrons. The van der Waals surface area contributed by atoms with E-state index >= 15 is 0 Å². The molecule has 3 N–H and O–H groups in total. The minimum atomic E-state index is -0.335. The highest BCUT2D eigenvalue weighted by atomic mass is 16.5. The summed E-state index contributed by atoms with van der Waals surface area (Å²) < 4.78 is 5.30. The topological polar surface area (TPSA) is 72.6 Å². The Labute approximate surface area is 152 Å². The van der Waals surface area contributed by atoms with Crippen LogP contribution in [0, 0.1) is 0 Å². The van der Waals surface area contributed by atoms with Gasteiger partial charge in [0.25, 0.3) is 0 Å². The number of aromatic hydroxyl groups is 1. The summed E-state index contributed by atoms with van der Waals surface area (Å²) in [5.41, 5.74) is 10.3. The normalized spacial score (nSPS) is 10.5. The fourth-order valence-corrected chi connectivity index (χ4v) is 3.00. The van der Waals surface area contributed by atoms with Crippen molar-refractivity contribution in [2.75, 3.05) is 7.11 Å². The van der Waals surface area contributed by atoms with Crippen molar-refractivity contribution in [2.45, 2.75) is 12.8 Å². The van der Waals surface area contributed by atoms with Crippen LogP contribution in [0.2, 0.25) is 0 Å². The number of carbonyl (C=O) groups is 1. The van der Waals surface area contributed by atoms with Crippen molar-refractivity contribution in [3.05, 3.63) is 72.3 Å². The summed E-state index contributed by atoms with van der Waals surface area (Å²) in [4.78, 5) is 11.3. The molecule has 4 heteroatoms. The second-order valence-corrected chi connectivity index (χ2v) is 6.12. The molecule has 0 aliphatic heterocycles. The molecule has 3 aromatic carbocycles. The summed E-state index contributed by atoms with van der Waals surface area (Å²) in [5, 5.41) is 9.79. The molecule has 26 heavy (non-hydrogen) atoms. The Bertz CT molecular complexity index is 934. The van der Waals surface area contributed by atoms with Gasteiger partial charge < -0.3 is 15.6 Å². The first-order chi connectivity index (χ1) is 12.6. The number of nitrogens with two attached hydrogens (primary N) is 1. The number of rotatable bonds is 6. The number of primary amides is 1. The maximum absolute atomic E-state index is 11.3. The van der Waals surface area contributed by atoms with Gasteiger partial charge in [0.2, 0.25) is 5.91 Å². The van der Waals surface area contributed by atoms with E-state index in [1.54, 1.807) is 25.3 Å². The van der Waals surface area contributed by atoms with E-state index in [9.17, 15) is 9.90 Å². The molecule has 0 aromatic heterocycles. The van der Waals surface area contributed by atoms with Crippen LogP contribution in [0.25, 0.3) is 22.3 Å². The van der Waals surface area contributed by atoms with E-state index in [0.29, 0.717) is 6.42 Å². The number of phenols is 1. The lowest BCUT2D eigenvalue weighted by Gasteiger charge is -2.13. The van der Waals surface area contributed by atoms with Crippen molar-refractivity contribution in [3.63, 3.8) is 0 Å². The second kappa shape index (κ2) is 7.74. The molecule has 0 saturated heterocycles. The van der Waals surface area contributed by atoms with Crippen LogP contribution < -0.4 is 10.5 Å². The smallest absolute Gasteiger partial charge is 0.217 e. The van der Waals surface area contributed by atoms with Crippen molar-refractivity contribution in [2.24, 2.45) is 5.73 Å². The number of hydrogen-bond donors (Lipinski definition) is 2. The van der Waals surface area contributed by atoms with Gasteiger partial charge in [-0.1, -0.05) is 42.5 Å². The van der Waals surface area contributed by atoms with Crippen LogP contribution in [-0.2, 0) is 11.2 Å². The Hall–Kier alpha value is -3.27. The van der Waals surface area contributed by atoms with Gasteiger partial charge in [0.1, 0.15) is 11.5 Å². The van der Waals surface area contributed by atoms with Gasteiger partial charge in [0.15, 0.2) is 0 Å². The van der Waals surface area contributed by atoms with Crippen molar-refractivity contribution in [1.82, 2.24) is 0 Å². The third-order valence-electron chi connectivity index (χ3n) is 4.31. The lowest BCUT2D eigenvalue weighted by atomic mass is 9.92. The average Bonchev–Trinajstić information content (AvgIpc) is 2.66. The summed E-state index contributed by atoms with van der Waals surface area (Å²) >= 11 is 0. The highest BCUT2D eigenvalue weighted by molar-refractivity contribution is 5.77. The lowest BCUT2D eigenvalue weighted by Crippen LogP contribution is -2.11. The van der Waals surface area contributed by atoms with E-state index in [-0.39, 0.29) is 18.1 Å². The standard InChI is InChI=1S/C22H21NO3/c1-26-20-7-3-4-15(14-20)16-8-10-21(17-5-2-6-19(24)13-17)18(12-16)9-11-22(23)25/h2-8,10,12-14,24H,9,11H2,1H3,(H2,23,25). The van der Waals surface area contributed by atoms with Crippen LogP contribution in [0.3, 0.4) is 0 Å². The van der Waals surface area contributed by atoms with Gasteiger partial charge in [-0.05, 0) is 58.5 Å². The van der Waals surface area contributed by atoms with Gasteiger partial charge in [-0.25, -0.2) is 0 Å². The van der Waals surface area contributed by atoms with Crippen molar-refractivity contribution in [3.8, 4) is 33.8 Å². The Morgan fingerprint density at radius 1 is 0.962 bits per heavy atom. The lowest BCUT2D eigenvalue weighted by molar-refractivity contribution is -0.117. The fourth-order valence-electron chi connectivity index (χ4n) is 3.00. The van der Waals surface area contributed by atoms with Crippen molar-refractivity contribution in [1.29, 1.82) is 0 Å². The molecule has 0 saturated carbocycles. The predicted molar refractivity (Wildman–Crippen MR) is 103 cm³/mol. The maximum atomic E-state index is 11.3. The second-order valence-electron chi connectivity index (χ2n) is 6.12. The van der Waals surface area contributed by atoms with Crippen LogP contribution in [0.4, 0.5) is 0 Å².